The van der Waals surface area contributed by atoms with Crippen LogP contribution in [0.2, 0.25) is 0 Å². The maximum Gasteiger partial charge on any atom is 0.416 e. The number of alkyl halides is 3. The van der Waals surface area contributed by atoms with E-state index in [9.17, 15) is 22.8 Å². The lowest BCUT2D eigenvalue weighted by Gasteiger charge is -2.36. The van der Waals surface area contributed by atoms with Crippen molar-refractivity contribution in [2.45, 2.75) is 35.2 Å². The van der Waals surface area contributed by atoms with Crippen LogP contribution in [0.3, 0.4) is 0 Å². The number of unbranched alkanes of at least 4 members (excludes halogenated alkanes) is 1. The molecule has 5 rings (SSSR count). The van der Waals surface area contributed by atoms with Crippen LogP contribution in [0, 0.1) is 0 Å². The van der Waals surface area contributed by atoms with Gasteiger partial charge in [0.05, 0.1) is 36.8 Å². The first-order chi connectivity index (χ1) is 27.5. The lowest BCUT2D eigenvalue weighted by molar-refractivity contribution is -0.137. The van der Waals surface area contributed by atoms with Crippen molar-refractivity contribution in [1.82, 2.24) is 9.80 Å². The van der Waals surface area contributed by atoms with Gasteiger partial charge in [0.25, 0.3) is 0 Å². The SMILES string of the molecule is COCCCC/C(=N\OCCN)c1ccc(C(F)(F)F)cc1.O=C(O)/C=C\C(=O)O.OCCOCCN1CCN(C2=Nc3ccccc3Sc3ccccc32)CC1. The molecule has 0 aromatic heterocycles. The number of fused-ring (bicyclic) bond motifs is 2. The predicted octanol–water partition coefficient (Wildman–Crippen LogP) is 5.77. The summed E-state index contributed by atoms with van der Waals surface area (Å²) in [4.78, 5) is 36.5. The molecule has 0 amide bonds. The largest absolute Gasteiger partial charge is 0.478 e. The molecular weight excluding hydrogens is 768 g/mol. The van der Waals surface area contributed by atoms with Crippen molar-refractivity contribution in [2.75, 3.05) is 79.4 Å². The van der Waals surface area contributed by atoms with Crippen molar-refractivity contribution >= 4 is 40.9 Å². The minimum atomic E-state index is -4.34. The van der Waals surface area contributed by atoms with Crippen LogP contribution in [0.25, 0.3) is 0 Å². The van der Waals surface area contributed by atoms with Crippen molar-refractivity contribution in [3.05, 3.63) is 102 Å². The number of rotatable bonds is 16. The van der Waals surface area contributed by atoms with Gasteiger partial charge in [0.15, 0.2) is 0 Å². The van der Waals surface area contributed by atoms with Gasteiger partial charge in [-0.25, -0.2) is 14.6 Å². The number of amidine groups is 1. The van der Waals surface area contributed by atoms with Gasteiger partial charge < -0.3 is 40.3 Å². The molecule has 0 spiro atoms. The Labute approximate surface area is 334 Å². The zero-order chi connectivity index (χ0) is 41.5. The number of aliphatic carboxylic acids is 2. The Morgan fingerprint density at radius 2 is 1.53 bits per heavy atom. The van der Waals surface area contributed by atoms with Crippen molar-refractivity contribution in [3.63, 3.8) is 0 Å². The first-order valence-corrected chi connectivity index (χ1v) is 19.1. The number of carbonyl (C=O) groups is 2. The number of nitrogens with two attached hydrogens (primary N) is 1. The van der Waals surface area contributed by atoms with Crippen molar-refractivity contribution in [2.24, 2.45) is 15.9 Å². The van der Waals surface area contributed by atoms with E-state index in [0.29, 0.717) is 56.2 Å². The minimum Gasteiger partial charge on any atom is -0.478 e. The van der Waals surface area contributed by atoms with Gasteiger partial charge in [-0.2, -0.15) is 13.2 Å². The van der Waals surface area contributed by atoms with Gasteiger partial charge in [-0.15, -0.1) is 0 Å². The van der Waals surface area contributed by atoms with Crippen LogP contribution in [0.5, 0.6) is 0 Å². The third-order valence-corrected chi connectivity index (χ3v) is 9.35. The highest BCUT2D eigenvalue weighted by atomic mass is 32.2. The molecule has 0 bridgehead atoms. The Kier molecular flexibility index (Phi) is 20.8. The number of nitrogens with zero attached hydrogens (tertiary/aromatic N) is 4. The molecular formula is C40H50F3N5O8S. The molecule has 0 radical (unpaired) electrons. The Balaban J connectivity index is 0.000000261. The Morgan fingerprint density at radius 3 is 2.14 bits per heavy atom. The number of aliphatic imine (C=N–C) groups is 1. The lowest BCUT2D eigenvalue weighted by Crippen LogP contribution is -2.49. The van der Waals surface area contributed by atoms with Crippen molar-refractivity contribution in [1.29, 1.82) is 0 Å². The van der Waals surface area contributed by atoms with Gasteiger partial charge in [0, 0.05) is 80.5 Å². The number of piperazine rings is 1. The van der Waals surface area contributed by atoms with Gasteiger partial charge in [0.2, 0.25) is 0 Å². The molecule has 13 nitrogen and oxygen atoms in total. The quantitative estimate of drug-likeness (QED) is 0.0595. The summed E-state index contributed by atoms with van der Waals surface area (Å²) in [6, 6.07) is 21.8. The van der Waals surface area contributed by atoms with Crippen LogP contribution in [0.1, 0.15) is 36.0 Å². The number of oxime groups is 1. The maximum absolute atomic E-state index is 12.6. The zero-order valence-corrected chi connectivity index (χ0v) is 32.6. The Hall–Kier alpha value is -4.78. The fourth-order valence-electron chi connectivity index (χ4n) is 5.41. The maximum atomic E-state index is 12.6. The van der Waals surface area contributed by atoms with Crippen LogP contribution >= 0.6 is 11.8 Å². The number of aliphatic hydroxyl groups is 1. The highest BCUT2D eigenvalue weighted by molar-refractivity contribution is 7.99. The smallest absolute Gasteiger partial charge is 0.416 e. The monoisotopic (exact) mass is 817 g/mol. The summed E-state index contributed by atoms with van der Waals surface area (Å²) >= 11 is 1.80. The van der Waals surface area contributed by atoms with E-state index < -0.39 is 23.7 Å². The number of methoxy groups -OCH3 is 1. The summed E-state index contributed by atoms with van der Waals surface area (Å²) in [5, 5.41) is 28.4. The summed E-state index contributed by atoms with van der Waals surface area (Å²) in [6.07, 6.45) is -0.985. The Morgan fingerprint density at radius 1 is 0.877 bits per heavy atom. The fraction of sp³-hybridized carbons (Fsp3) is 0.400. The van der Waals surface area contributed by atoms with E-state index in [-0.39, 0.29) is 13.2 Å². The minimum absolute atomic E-state index is 0.0898. The van der Waals surface area contributed by atoms with Crippen LogP contribution < -0.4 is 5.73 Å². The predicted molar refractivity (Wildman–Crippen MR) is 212 cm³/mol. The van der Waals surface area contributed by atoms with Gasteiger partial charge in [-0.05, 0) is 55.2 Å². The zero-order valence-electron chi connectivity index (χ0n) is 31.8. The number of benzene rings is 3. The molecule has 2 heterocycles. The molecule has 0 atom stereocenters. The number of aliphatic hydroxyl groups excluding tert-OH is 1. The van der Waals surface area contributed by atoms with Gasteiger partial charge in [-0.3, -0.25) is 4.90 Å². The van der Waals surface area contributed by atoms with Crippen LogP contribution in [0.15, 0.2) is 105 Å². The number of hydrogen-bond donors (Lipinski definition) is 4. The molecule has 2 aliphatic heterocycles. The van der Waals surface area contributed by atoms with E-state index in [1.54, 1.807) is 18.9 Å². The van der Waals surface area contributed by atoms with E-state index in [1.165, 1.54) is 27.5 Å². The van der Waals surface area contributed by atoms with Crippen LogP contribution in [-0.2, 0) is 30.1 Å². The number of halogens is 3. The summed E-state index contributed by atoms with van der Waals surface area (Å²) in [7, 11) is 1.62. The average Bonchev–Trinajstić information content (AvgIpc) is 3.37. The van der Waals surface area contributed by atoms with E-state index >= 15 is 0 Å². The van der Waals surface area contributed by atoms with Crippen LogP contribution in [-0.4, -0.2) is 128 Å². The lowest BCUT2D eigenvalue weighted by atomic mass is 10.0. The summed E-state index contributed by atoms with van der Waals surface area (Å²) in [5.74, 6) is -1.43. The van der Waals surface area contributed by atoms with Gasteiger partial charge >= 0.3 is 18.1 Å². The number of carboxylic acid groups (broad SMARTS) is 2. The van der Waals surface area contributed by atoms with E-state index in [1.807, 2.05) is 0 Å². The second kappa shape index (κ2) is 25.5. The molecule has 5 N–H and O–H groups in total. The van der Waals surface area contributed by atoms with E-state index in [2.05, 4.69) is 63.5 Å². The second-order valence-electron chi connectivity index (χ2n) is 12.4. The summed E-state index contributed by atoms with van der Waals surface area (Å²) in [6.45, 7) is 7.23. The highest BCUT2D eigenvalue weighted by Gasteiger charge is 2.30. The van der Waals surface area contributed by atoms with Crippen molar-refractivity contribution < 1.29 is 52.4 Å². The highest BCUT2D eigenvalue weighted by Crippen LogP contribution is 2.40. The first kappa shape index (κ1) is 46.6. The first-order valence-electron chi connectivity index (χ1n) is 18.3. The molecule has 1 saturated heterocycles. The molecule has 0 saturated carbocycles. The van der Waals surface area contributed by atoms with Gasteiger partial charge in [-0.1, -0.05) is 59.4 Å². The standard InChI is InChI=1S/C21H25N3O2S.C15H21F3N2O2.C4H4O4/c25-14-16-26-15-13-23-9-11-24(12-10-23)21-17-5-1-3-7-19(17)27-20-8-4-2-6-18(20)22-21;1-21-10-3-2-4-14(20-22-11-9-19)12-5-7-13(8-6-12)15(16,17)18;5-3(6)1-2-4(7)8/h1-8,25H,9-16H2;5-8H,2-4,9-11,19H2,1H3;1-2H,(H,5,6)(H,7,8)/b;20-14+;2-1-. The molecule has 57 heavy (non-hydrogen) atoms. The number of ether oxygens (including phenoxy) is 2. The molecule has 3 aromatic rings. The topological polar surface area (TPSA) is 180 Å². The molecule has 0 aliphatic carbocycles. The normalized spacial score (nSPS) is 14.2. The number of para-hydroxylation sites is 1. The molecule has 2 aliphatic rings. The van der Waals surface area contributed by atoms with E-state index in [4.69, 9.17) is 40.4 Å². The van der Waals surface area contributed by atoms with Crippen LogP contribution in [0.4, 0.5) is 18.9 Å². The van der Waals surface area contributed by atoms with E-state index in [0.717, 1.165) is 69.2 Å². The molecule has 310 valence electrons. The fourth-order valence-corrected chi connectivity index (χ4v) is 6.42. The Bertz CT molecular complexity index is 1750. The number of hydrogen-bond acceptors (Lipinski definition) is 12. The molecule has 1 fully saturated rings. The average molecular weight is 818 g/mol. The molecule has 0 unspecified atom stereocenters. The third-order valence-electron chi connectivity index (χ3n) is 8.21. The van der Waals surface area contributed by atoms with Gasteiger partial charge in [0.1, 0.15) is 12.4 Å². The number of carboxylic acids is 2. The summed E-state index contributed by atoms with van der Waals surface area (Å²) < 4.78 is 48.1. The summed E-state index contributed by atoms with van der Waals surface area (Å²) in [5.41, 5.74) is 8.14. The molecule has 3 aromatic carbocycles. The van der Waals surface area contributed by atoms with Crippen molar-refractivity contribution in [3.8, 4) is 0 Å². The third kappa shape index (κ3) is 17.1. The molecule has 17 heteroatoms. The second-order valence-corrected chi connectivity index (χ2v) is 13.4.